The van der Waals surface area contributed by atoms with E-state index in [2.05, 4.69) is 6.92 Å². The van der Waals surface area contributed by atoms with Gasteiger partial charge in [0.2, 0.25) is 0 Å². The Balaban J connectivity index is 1.81. The van der Waals surface area contributed by atoms with Crippen LogP contribution in [-0.4, -0.2) is 10.9 Å². The molecule has 1 fully saturated rings. The maximum atomic E-state index is 6.05. The highest BCUT2D eigenvalue weighted by molar-refractivity contribution is 6.51. The van der Waals surface area contributed by atoms with Crippen LogP contribution in [0.1, 0.15) is 19.8 Å². The Morgan fingerprint density at radius 1 is 1.44 bits per heavy atom. The molecule has 4 heteroatoms. The van der Waals surface area contributed by atoms with Crippen LogP contribution in [0.2, 0.25) is 0 Å². The van der Waals surface area contributed by atoms with Gasteiger partial charge in [-0.3, -0.25) is 0 Å². The molecule has 1 atom stereocenters. The fourth-order valence-corrected chi connectivity index (χ4v) is 2.49. The predicted octanol–water partition coefficient (Wildman–Crippen LogP) is 3.62. The molecule has 2 N–H and O–H groups in total. The standard InChI is InChI=1S/C12H15Cl2NO/c1-11(8-12(11,13)14)5-6-16-10-4-2-3-9(15)7-10/h2-4,7H,5-6,8,15H2,1H3. The third-order valence-corrected chi connectivity index (χ3v) is 4.33. The Morgan fingerprint density at radius 2 is 2.12 bits per heavy atom. The lowest BCUT2D eigenvalue weighted by atomic mass is 10.1. The molecule has 2 nitrogen and oxygen atoms in total. The first-order valence-electron chi connectivity index (χ1n) is 5.29. The molecule has 1 aromatic carbocycles. The summed E-state index contributed by atoms with van der Waals surface area (Å²) in [4.78, 5) is 0. The van der Waals surface area contributed by atoms with Crippen LogP contribution >= 0.6 is 23.2 Å². The predicted molar refractivity (Wildman–Crippen MR) is 68.1 cm³/mol. The lowest BCUT2D eigenvalue weighted by molar-refractivity contribution is 0.276. The van der Waals surface area contributed by atoms with E-state index in [1.165, 1.54) is 0 Å². The number of nitrogen functional groups attached to an aromatic ring is 1. The second-order valence-corrected chi connectivity index (χ2v) is 6.10. The van der Waals surface area contributed by atoms with Crippen LogP contribution in [0, 0.1) is 5.41 Å². The lowest BCUT2D eigenvalue weighted by Crippen LogP contribution is -2.10. The fraction of sp³-hybridized carbons (Fsp3) is 0.500. The maximum absolute atomic E-state index is 6.05. The van der Waals surface area contributed by atoms with Crippen LogP contribution < -0.4 is 10.5 Å². The number of anilines is 1. The van der Waals surface area contributed by atoms with Crippen LogP contribution in [0.15, 0.2) is 24.3 Å². The Hall–Kier alpha value is -0.600. The monoisotopic (exact) mass is 259 g/mol. The van der Waals surface area contributed by atoms with Crippen LogP contribution in [0.4, 0.5) is 5.69 Å². The van der Waals surface area contributed by atoms with Gasteiger partial charge >= 0.3 is 0 Å². The Morgan fingerprint density at radius 3 is 2.69 bits per heavy atom. The van der Waals surface area contributed by atoms with Crippen molar-refractivity contribution in [3.05, 3.63) is 24.3 Å². The number of halogens is 2. The summed E-state index contributed by atoms with van der Waals surface area (Å²) >= 11 is 12.1. The van der Waals surface area contributed by atoms with E-state index < -0.39 is 4.33 Å². The second kappa shape index (κ2) is 4.01. The van der Waals surface area contributed by atoms with Crippen molar-refractivity contribution >= 4 is 28.9 Å². The molecule has 1 unspecified atom stereocenters. The number of hydrogen-bond donors (Lipinski definition) is 1. The summed E-state index contributed by atoms with van der Waals surface area (Å²) < 4.78 is 5.04. The van der Waals surface area contributed by atoms with Crippen LogP contribution in [0.5, 0.6) is 5.75 Å². The van der Waals surface area contributed by atoms with Crippen molar-refractivity contribution in [3.63, 3.8) is 0 Å². The molecular formula is C12H15Cl2NO. The zero-order valence-corrected chi connectivity index (χ0v) is 10.7. The van der Waals surface area contributed by atoms with Crippen molar-refractivity contribution in [2.24, 2.45) is 5.41 Å². The van der Waals surface area contributed by atoms with Crippen molar-refractivity contribution in [1.82, 2.24) is 0 Å². The number of nitrogens with two attached hydrogens (primary N) is 1. The largest absolute Gasteiger partial charge is 0.493 e. The molecule has 0 radical (unpaired) electrons. The molecule has 0 spiro atoms. The quantitative estimate of drug-likeness (QED) is 0.662. The van der Waals surface area contributed by atoms with Gasteiger partial charge < -0.3 is 10.5 Å². The molecule has 16 heavy (non-hydrogen) atoms. The van der Waals surface area contributed by atoms with Gasteiger partial charge in [-0.05, 0) is 25.0 Å². The van der Waals surface area contributed by atoms with E-state index in [1.54, 1.807) is 0 Å². The van der Waals surface area contributed by atoms with Crippen molar-refractivity contribution in [1.29, 1.82) is 0 Å². The van der Waals surface area contributed by atoms with Gasteiger partial charge in [-0.15, -0.1) is 23.2 Å². The highest BCUT2D eigenvalue weighted by atomic mass is 35.5. The highest BCUT2D eigenvalue weighted by Gasteiger charge is 2.62. The number of rotatable bonds is 4. The minimum Gasteiger partial charge on any atom is -0.493 e. The van der Waals surface area contributed by atoms with E-state index in [-0.39, 0.29) is 5.41 Å². The topological polar surface area (TPSA) is 35.2 Å². The summed E-state index contributed by atoms with van der Waals surface area (Å²) in [7, 11) is 0. The molecule has 0 aliphatic heterocycles. The van der Waals surface area contributed by atoms with E-state index in [4.69, 9.17) is 33.7 Å². The molecule has 1 aliphatic rings. The smallest absolute Gasteiger partial charge is 0.124 e. The third-order valence-electron chi connectivity index (χ3n) is 3.15. The molecule has 2 rings (SSSR count). The molecule has 1 saturated carbocycles. The summed E-state index contributed by atoms with van der Waals surface area (Å²) in [6.45, 7) is 2.69. The van der Waals surface area contributed by atoms with Gasteiger partial charge in [0.25, 0.3) is 0 Å². The first kappa shape index (κ1) is 11.9. The molecular weight excluding hydrogens is 245 g/mol. The summed E-state index contributed by atoms with van der Waals surface area (Å²) in [5.74, 6) is 0.791. The number of alkyl halides is 2. The summed E-state index contributed by atoms with van der Waals surface area (Å²) in [5, 5.41) is 0. The Bertz CT molecular complexity index is 394. The van der Waals surface area contributed by atoms with Crippen molar-refractivity contribution in [2.75, 3.05) is 12.3 Å². The third kappa shape index (κ3) is 2.38. The first-order valence-corrected chi connectivity index (χ1v) is 6.05. The second-order valence-electron chi connectivity index (χ2n) is 4.61. The summed E-state index contributed by atoms with van der Waals surface area (Å²) in [5.41, 5.74) is 6.35. The maximum Gasteiger partial charge on any atom is 0.124 e. The highest BCUT2D eigenvalue weighted by Crippen LogP contribution is 2.65. The SMILES string of the molecule is CC1(CCOc2cccc(N)c2)CC1(Cl)Cl. The minimum absolute atomic E-state index is 0.00354. The van der Waals surface area contributed by atoms with Gasteiger partial charge in [-0.25, -0.2) is 0 Å². The van der Waals surface area contributed by atoms with E-state index in [9.17, 15) is 0 Å². The summed E-state index contributed by atoms with van der Waals surface area (Å²) in [6, 6.07) is 7.40. The average Bonchev–Trinajstić information content (AvgIpc) is 2.65. The number of ether oxygens (including phenoxy) is 1. The Kier molecular flexibility index (Phi) is 2.97. The van der Waals surface area contributed by atoms with Gasteiger partial charge in [0.15, 0.2) is 0 Å². The molecule has 1 aromatic rings. The van der Waals surface area contributed by atoms with Gasteiger partial charge in [-0.2, -0.15) is 0 Å². The van der Waals surface area contributed by atoms with Crippen molar-refractivity contribution in [2.45, 2.75) is 24.1 Å². The summed E-state index contributed by atoms with van der Waals surface area (Å²) in [6.07, 6.45) is 1.69. The van der Waals surface area contributed by atoms with Crippen molar-refractivity contribution in [3.8, 4) is 5.75 Å². The van der Waals surface area contributed by atoms with E-state index in [0.29, 0.717) is 12.3 Å². The van der Waals surface area contributed by atoms with E-state index in [1.807, 2.05) is 24.3 Å². The minimum atomic E-state index is -0.563. The van der Waals surface area contributed by atoms with Gasteiger partial charge in [0, 0.05) is 17.2 Å². The Labute approximate surface area is 106 Å². The normalized spacial score (nSPS) is 26.4. The molecule has 0 aromatic heterocycles. The molecule has 0 amide bonds. The van der Waals surface area contributed by atoms with E-state index in [0.717, 1.165) is 18.6 Å². The van der Waals surface area contributed by atoms with Gasteiger partial charge in [-0.1, -0.05) is 13.0 Å². The number of hydrogen-bond acceptors (Lipinski definition) is 2. The van der Waals surface area contributed by atoms with Crippen LogP contribution in [0.3, 0.4) is 0 Å². The molecule has 1 aliphatic carbocycles. The van der Waals surface area contributed by atoms with Gasteiger partial charge in [0.1, 0.15) is 10.1 Å². The number of benzene rings is 1. The van der Waals surface area contributed by atoms with E-state index >= 15 is 0 Å². The zero-order chi connectivity index (χ0) is 11.8. The molecule has 0 heterocycles. The average molecular weight is 260 g/mol. The van der Waals surface area contributed by atoms with Gasteiger partial charge in [0.05, 0.1) is 6.61 Å². The van der Waals surface area contributed by atoms with Crippen molar-refractivity contribution < 1.29 is 4.74 Å². The molecule has 0 saturated heterocycles. The first-order chi connectivity index (χ1) is 7.43. The fourth-order valence-electron chi connectivity index (χ4n) is 1.72. The van der Waals surface area contributed by atoms with Crippen LogP contribution in [-0.2, 0) is 0 Å². The lowest BCUT2D eigenvalue weighted by Gasteiger charge is -2.12. The molecule has 0 bridgehead atoms. The zero-order valence-electron chi connectivity index (χ0n) is 9.17. The molecule has 88 valence electrons. The van der Waals surface area contributed by atoms with Crippen LogP contribution in [0.25, 0.3) is 0 Å².